The second-order valence-electron chi connectivity index (χ2n) is 5.88. The third-order valence-electron chi connectivity index (χ3n) is 3.94. The lowest BCUT2D eigenvalue weighted by Crippen LogP contribution is -2.24. The molecule has 1 heterocycles. The number of carbonyl (C=O) groups excluding carboxylic acids is 1. The van der Waals surface area contributed by atoms with Gasteiger partial charge in [0.15, 0.2) is 5.82 Å². The number of anilines is 2. The van der Waals surface area contributed by atoms with E-state index in [1.54, 1.807) is 42.5 Å². The number of fused-ring (bicyclic) bond motifs is 1. The number of H-pyrrole nitrogens is 1. The first kappa shape index (κ1) is 18.2. The minimum Gasteiger partial charge on any atom is -0.308 e. The number of rotatable bonds is 5. The number of halogens is 1. The zero-order valence-electron chi connectivity index (χ0n) is 14.2. The van der Waals surface area contributed by atoms with Crippen LogP contribution in [-0.2, 0) is 21.2 Å². The molecule has 136 valence electrons. The highest BCUT2D eigenvalue weighted by molar-refractivity contribution is 7.92. The molecule has 0 bridgehead atoms. The highest BCUT2D eigenvalue weighted by atomic mass is 35.5. The van der Waals surface area contributed by atoms with Crippen LogP contribution in [0.5, 0.6) is 0 Å². The number of aromatic amines is 1. The number of nitrogens with one attached hydrogen (secondary N) is 2. The van der Waals surface area contributed by atoms with Gasteiger partial charge in [-0.05, 0) is 35.9 Å². The van der Waals surface area contributed by atoms with Crippen LogP contribution < -0.4 is 9.62 Å². The molecule has 9 heteroatoms. The predicted molar refractivity (Wildman–Crippen MR) is 103 cm³/mol. The molecule has 1 amide bonds. The van der Waals surface area contributed by atoms with E-state index in [0.717, 1.165) is 11.8 Å². The maximum absolute atomic E-state index is 12.3. The molecule has 2 N–H and O–H groups in total. The number of hydrogen-bond acceptors (Lipinski definition) is 4. The number of aromatic nitrogens is 2. The molecular weight excluding hydrogens is 376 g/mol. The number of hydrogen-bond donors (Lipinski definition) is 2. The lowest BCUT2D eigenvalue weighted by molar-refractivity contribution is -0.115. The maximum Gasteiger partial charge on any atom is 0.231 e. The van der Waals surface area contributed by atoms with Crippen molar-refractivity contribution in [3.8, 4) is 0 Å². The molecule has 3 aromatic rings. The van der Waals surface area contributed by atoms with Crippen molar-refractivity contribution in [2.24, 2.45) is 0 Å². The Morgan fingerprint density at radius 3 is 2.58 bits per heavy atom. The summed E-state index contributed by atoms with van der Waals surface area (Å²) in [7, 11) is -1.92. The standard InChI is InChI=1S/C17H17ClN4O3S/c1-22(26(2,24)25)13-7-8-15-14(10-13)17(21-20-15)19-16(23)9-11-3-5-12(18)6-4-11/h3-8,10H,9H2,1-2H3,(H2,19,20,21,23). The van der Waals surface area contributed by atoms with Gasteiger partial charge in [0.1, 0.15) is 0 Å². The van der Waals surface area contributed by atoms with Gasteiger partial charge in [0.05, 0.1) is 23.9 Å². The molecule has 26 heavy (non-hydrogen) atoms. The molecule has 0 spiro atoms. The molecule has 0 saturated heterocycles. The predicted octanol–water partition coefficient (Wildman–Crippen LogP) is 2.79. The van der Waals surface area contributed by atoms with Crippen LogP contribution in [0.3, 0.4) is 0 Å². The van der Waals surface area contributed by atoms with Gasteiger partial charge in [-0.2, -0.15) is 5.10 Å². The van der Waals surface area contributed by atoms with Gasteiger partial charge in [0, 0.05) is 17.5 Å². The number of carbonyl (C=O) groups is 1. The lowest BCUT2D eigenvalue weighted by atomic mass is 10.1. The largest absolute Gasteiger partial charge is 0.308 e. The Hall–Kier alpha value is -2.58. The summed E-state index contributed by atoms with van der Waals surface area (Å²) in [5, 5.41) is 10.9. The van der Waals surface area contributed by atoms with Gasteiger partial charge < -0.3 is 5.32 Å². The van der Waals surface area contributed by atoms with E-state index in [9.17, 15) is 13.2 Å². The van der Waals surface area contributed by atoms with Crippen molar-refractivity contribution in [3.63, 3.8) is 0 Å². The van der Waals surface area contributed by atoms with Crippen molar-refractivity contribution >= 4 is 49.9 Å². The number of nitrogens with zero attached hydrogens (tertiary/aromatic N) is 2. The van der Waals surface area contributed by atoms with E-state index in [0.29, 0.717) is 27.4 Å². The number of sulfonamides is 1. The average molecular weight is 393 g/mol. The van der Waals surface area contributed by atoms with Crippen LogP contribution in [0.1, 0.15) is 5.56 Å². The van der Waals surface area contributed by atoms with E-state index >= 15 is 0 Å². The summed E-state index contributed by atoms with van der Waals surface area (Å²) in [6.07, 6.45) is 1.30. The molecule has 3 rings (SSSR count). The zero-order valence-corrected chi connectivity index (χ0v) is 15.7. The second-order valence-corrected chi connectivity index (χ2v) is 8.33. The Labute approximate surface area is 156 Å². The van der Waals surface area contributed by atoms with Crippen LogP contribution in [0, 0.1) is 0 Å². The third kappa shape index (κ3) is 3.97. The van der Waals surface area contributed by atoms with Crippen LogP contribution in [0.25, 0.3) is 10.9 Å². The summed E-state index contributed by atoms with van der Waals surface area (Å²) in [5.74, 6) is 0.116. The Morgan fingerprint density at radius 2 is 1.92 bits per heavy atom. The molecular formula is C17H17ClN4O3S. The molecule has 0 aliphatic carbocycles. The zero-order chi connectivity index (χ0) is 18.9. The first-order chi connectivity index (χ1) is 12.2. The van der Waals surface area contributed by atoms with Crippen LogP contribution in [0.15, 0.2) is 42.5 Å². The topological polar surface area (TPSA) is 95.2 Å². The van der Waals surface area contributed by atoms with Crippen molar-refractivity contribution in [1.29, 1.82) is 0 Å². The molecule has 7 nitrogen and oxygen atoms in total. The van der Waals surface area contributed by atoms with Crippen LogP contribution >= 0.6 is 11.6 Å². The summed E-state index contributed by atoms with van der Waals surface area (Å²) in [6, 6.07) is 12.1. The lowest BCUT2D eigenvalue weighted by Gasteiger charge is -2.16. The first-order valence-electron chi connectivity index (χ1n) is 7.70. The Morgan fingerprint density at radius 1 is 1.23 bits per heavy atom. The molecule has 0 aliphatic rings. The Bertz CT molecular complexity index is 1060. The van der Waals surface area contributed by atoms with E-state index in [1.807, 2.05) is 0 Å². The van der Waals surface area contributed by atoms with E-state index < -0.39 is 10.0 Å². The smallest absolute Gasteiger partial charge is 0.231 e. The fourth-order valence-electron chi connectivity index (χ4n) is 2.45. The number of amides is 1. The van der Waals surface area contributed by atoms with Crippen LogP contribution in [-0.4, -0.2) is 37.8 Å². The molecule has 0 aliphatic heterocycles. The van der Waals surface area contributed by atoms with Crippen molar-refractivity contribution < 1.29 is 13.2 Å². The van der Waals surface area contributed by atoms with E-state index in [-0.39, 0.29) is 12.3 Å². The Kier molecular flexibility index (Phi) is 4.88. The van der Waals surface area contributed by atoms with Crippen molar-refractivity contribution in [2.45, 2.75) is 6.42 Å². The second kappa shape index (κ2) is 6.97. The van der Waals surface area contributed by atoms with E-state index in [1.165, 1.54) is 11.4 Å². The molecule has 1 aromatic heterocycles. The summed E-state index contributed by atoms with van der Waals surface area (Å²) in [4.78, 5) is 12.3. The highest BCUT2D eigenvalue weighted by Gasteiger charge is 2.15. The highest BCUT2D eigenvalue weighted by Crippen LogP contribution is 2.26. The minimum absolute atomic E-state index is 0.175. The molecule has 0 atom stereocenters. The first-order valence-corrected chi connectivity index (χ1v) is 9.93. The van der Waals surface area contributed by atoms with Gasteiger partial charge >= 0.3 is 0 Å². The summed E-state index contributed by atoms with van der Waals surface area (Å²) < 4.78 is 24.6. The van der Waals surface area contributed by atoms with Gasteiger partial charge in [-0.25, -0.2) is 8.42 Å². The Balaban J connectivity index is 1.83. The summed E-state index contributed by atoms with van der Waals surface area (Å²) in [6.45, 7) is 0. The van der Waals surface area contributed by atoms with Crippen molar-refractivity contribution in [1.82, 2.24) is 10.2 Å². The fourth-order valence-corrected chi connectivity index (χ4v) is 3.07. The molecule has 2 aromatic carbocycles. The molecule has 0 unspecified atom stereocenters. The normalized spacial score (nSPS) is 11.5. The van der Waals surface area contributed by atoms with Gasteiger partial charge in [-0.3, -0.25) is 14.2 Å². The van der Waals surface area contributed by atoms with Crippen LogP contribution in [0.4, 0.5) is 11.5 Å². The monoisotopic (exact) mass is 392 g/mol. The van der Waals surface area contributed by atoms with Gasteiger partial charge in [-0.15, -0.1) is 0 Å². The SMILES string of the molecule is CN(c1ccc2[nH]nc(NC(=O)Cc3ccc(Cl)cc3)c2c1)S(C)(=O)=O. The number of benzene rings is 2. The average Bonchev–Trinajstić information content (AvgIpc) is 2.97. The molecule has 0 saturated carbocycles. The third-order valence-corrected chi connectivity index (χ3v) is 5.40. The van der Waals surface area contributed by atoms with Gasteiger partial charge in [-0.1, -0.05) is 23.7 Å². The molecule has 0 fully saturated rings. The maximum atomic E-state index is 12.3. The summed E-state index contributed by atoms with van der Waals surface area (Å²) >= 11 is 5.84. The molecule has 0 radical (unpaired) electrons. The van der Waals surface area contributed by atoms with Crippen LogP contribution in [0.2, 0.25) is 5.02 Å². The van der Waals surface area contributed by atoms with Crippen molar-refractivity contribution in [2.75, 3.05) is 22.9 Å². The summed E-state index contributed by atoms with van der Waals surface area (Å²) in [5.41, 5.74) is 2.00. The van der Waals surface area contributed by atoms with E-state index in [2.05, 4.69) is 15.5 Å². The minimum atomic E-state index is -3.38. The van der Waals surface area contributed by atoms with Gasteiger partial charge in [0.2, 0.25) is 15.9 Å². The van der Waals surface area contributed by atoms with E-state index in [4.69, 9.17) is 11.6 Å². The quantitative estimate of drug-likeness (QED) is 0.697. The fraction of sp³-hybridized carbons (Fsp3) is 0.176. The van der Waals surface area contributed by atoms with Crippen molar-refractivity contribution in [3.05, 3.63) is 53.1 Å². The van der Waals surface area contributed by atoms with Gasteiger partial charge in [0.25, 0.3) is 0 Å².